The van der Waals surface area contributed by atoms with E-state index in [1.807, 2.05) is 4.90 Å². The molecule has 0 spiro atoms. The first-order chi connectivity index (χ1) is 12.1. The predicted octanol–water partition coefficient (Wildman–Crippen LogP) is 3.83. The average molecular weight is 344 g/mol. The third kappa shape index (κ3) is 5.21. The molecule has 2 aliphatic heterocycles. The smallest absolute Gasteiger partial charge is 0.223 e. The van der Waals surface area contributed by atoms with Gasteiger partial charge in [-0.1, -0.05) is 32.8 Å². The molecule has 4 nitrogen and oxygen atoms in total. The molecule has 25 heavy (non-hydrogen) atoms. The minimum atomic E-state index is 0.240. The lowest BCUT2D eigenvalue weighted by atomic mass is 10.1. The van der Waals surface area contributed by atoms with E-state index in [1.54, 1.807) is 0 Å². The predicted molar refractivity (Wildman–Crippen MR) is 101 cm³/mol. The standard InChI is InChI=1S/C21H32N2O2/c1-17(2)13-21(24)23-11-12-25-20-8-7-18(14-19(20)16-23)15-22-9-5-3-4-6-10-22/h7-8,14,17H,3-6,9-13,15-16H2,1-2H3. The number of hydrogen-bond donors (Lipinski definition) is 0. The number of likely N-dealkylation sites (tertiary alicyclic amines) is 1. The zero-order valence-electron chi connectivity index (χ0n) is 15.8. The first-order valence-electron chi connectivity index (χ1n) is 9.86. The van der Waals surface area contributed by atoms with Crippen LogP contribution in [0.15, 0.2) is 18.2 Å². The van der Waals surface area contributed by atoms with Crippen molar-refractivity contribution in [1.29, 1.82) is 0 Å². The van der Waals surface area contributed by atoms with Crippen LogP contribution in [-0.2, 0) is 17.9 Å². The van der Waals surface area contributed by atoms with E-state index in [4.69, 9.17) is 4.74 Å². The summed E-state index contributed by atoms with van der Waals surface area (Å²) in [7, 11) is 0. The molecule has 1 saturated heterocycles. The van der Waals surface area contributed by atoms with Crippen LogP contribution >= 0.6 is 0 Å². The fraction of sp³-hybridized carbons (Fsp3) is 0.667. The Balaban J connectivity index is 1.69. The van der Waals surface area contributed by atoms with Crippen LogP contribution in [0.25, 0.3) is 0 Å². The molecule has 0 unspecified atom stereocenters. The van der Waals surface area contributed by atoms with Crippen LogP contribution in [0.3, 0.4) is 0 Å². The second-order valence-corrected chi connectivity index (χ2v) is 7.89. The van der Waals surface area contributed by atoms with Gasteiger partial charge in [-0.05, 0) is 49.5 Å². The van der Waals surface area contributed by atoms with E-state index in [2.05, 4.69) is 36.9 Å². The van der Waals surface area contributed by atoms with Crippen molar-refractivity contribution >= 4 is 5.91 Å². The number of benzene rings is 1. The van der Waals surface area contributed by atoms with Crippen molar-refractivity contribution in [2.24, 2.45) is 5.92 Å². The highest BCUT2D eigenvalue weighted by Crippen LogP contribution is 2.26. The van der Waals surface area contributed by atoms with E-state index >= 15 is 0 Å². The summed E-state index contributed by atoms with van der Waals surface area (Å²) in [5, 5.41) is 0. The van der Waals surface area contributed by atoms with E-state index in [-0.39, 0.29) is 5.91 Å². The molecule has 2 aliphatic rings. The van der Waals surface area contributed by atoms with Crippen LogP contribution in [0.2, 0.25) is 0 Å². The Morgan fingerprint density at radius 1 is 1.12 bits per heavy atom. The zero-order valence-corrected chi connectivity index (χ0v) is 15.8. The van der Waals surface area contributed by atoms with Gasteiger partial charge in [-0.25, -0.2) is 0 Å². The number of hydrogen-bond acceptors (Lipinski definition) is 3. The van der Waals surface area contributed by atoms with Gasteiger partial charge in [0.05, 0.1) is 6.54 Å². The van der Waals surface area contributed by atoms with Crippen molar-refractivity contribution < 1.29 is 9.53 Å². The molecule has 3 rings (SSSR count). The summed E-state index contributed by atoms with van der Waals surface area (Å²) in [6, 6.07) is 6.54. The molecule has 4 heteroatoms. The number of carbonyl (C=O) groups excluding carboxylic acids is 1. The molecule has 1 aromatic carbocycles. The first-order valence-corrected chi connectivity index (χ1v) is 9.86. The summed E-state index contributed by atoms with van der Waals surface area (Å²) in [4.78, 5) is 17.0. The van der Waals surface area contributed by atoms with Crippen molar-refractivity contribution in [3.63, 3.8) is 0 Å². The van der Waals surface area contributed by atoms with Crippen molar-refractivity contribution in [1.82, 2.24) is 9.80 Å². The number of nitrogens with zero attached hydrogens (tertiary/aromatic N) is 2. The second-order valence-electron chi connectivity index (χ2n) is 7.89. The van der Waals surface area contributed by atoms with E-state index in [9.17, 15) is 4.79 Å². The van der Waals surface area contributed by atoms with Crippen molar-refractivity contribution in [3.8, 4) is 5.75 Å². The molecule has 0 aromatic heterocycles. The molecular formula is C21H32N2O2. The minimum Gasteiger partial charge on any atom is -0.491 e. The zero-order chi connectivity index (χ0) is 17.6. The Hall–Kier alpha value is -1.55. The maximum Gasteiger partial charge on any atom is 0.223 e. The van der Waals surface area contributed by atoms with Crippen LogP contribution in [-0.4, -0.2) is 41.9 Å². The third-order valence-electron chi connectivity index (χ3n) is 5.15. The Morgan fingerprint density at radius 3 is 2.60 bits per heavy atom. The number of fused-ring (bicyclic) bond motifs is 1. The highest BCUT2D eigenvalue weighted by Gasteiger charge is 2.21. The highest BCUT2D eigenvalue weighted by atomic mass is 16.5. The van der Waals surface area contributed by atoms with Gasteiger partial charge in [0.2, 0.25) is 5.91 Å². The topological polar surface area (TPSA) is 32.8 Å². The van der Waals surface area contributed by atoms with Crippen molar-refractivity contribution in [3.05, 3.63) is 29.3 Å². The summed E-state index contributed by atoms with van der Waals surface area (Å²) in [6.45, 7) is 9.55. The maximum atomic E-state index is 12.5. The molecule has 1 aromatic rings. The number of amides is 1. The molecule has 1 amide bonds. The largest absolute Gasteiger partial charge is 0.491 e. The fourth-order valence-corrected chi connectivity index (χ4v) is 3.79. The molecular weight excluding hydrogens is 312 g/mol. The number of rotatable bonds is 4. The van der Waals surface area contributed by atoms with E-state index in [1.165, 1.54) is 44.3 Å². The number of ether oxygens (including phenoxy) is 1. The van der Waals surface area contributed by atoms with Crippen molar-refractivity contribution in [2.45, 2.75) is 59.0 Å². The molecule has 0 bridgehead atoms. The lowest BCUT2D eigenvalue weighted by Crippen LogP contribution is -2.33. The van der Waals surface area contributed by atoms with Gasteiger partial charge < -0.3 is 9.64 Å². The minimum absolute atomic E-state index is 0.240. The van der Waals surface area contributed by atoms with Gasteiger partial charge in [0.15, 0.2) is 0 Å². The molecule has 2 heterocycles. The van der Waals surface area contributed by atoms with Crippen LogP contribution in [0.1, 0.15) is 57.1 Å². The van der Waals surface area contributed by atoms with Crippen LogP contribution in [0.4, 0.5) is 0 Å². The van der Waals surface area contributed by atoms with Crippen molar-refractivity contribution in [2.75, 3.05) is 26.2 Å². The van der Waals surface area contributed by atoms with Crippen LogP contribution in [0, 0.1) is 5.92 Å². The van der Waals surface area contributed by atoms with Gasteiger partial charge in [-0.3, -0.25) is 9.69 Å². The molecule has 1 fully saturated rings. The number of carbonyl (C=O) groups is 1. The van der Waals surface area contributed by atoms with E-state index < -0.39 is 0 Å². The molecule has 138 valence electrons. The van der Waals surface area contributed by atoms with Crippen LogP contribution in [0.5, 0.6) is 5.75 Å². The van der Waals surface area contributed by atoms with Gasteiger partial charge >= 0.3 is 0 Å². The normalized spacial score (nSPS) is 19.1. The maximum absolute atomic E-state index is 12.5. The summed E-state index contributed by atoms with van der Waals surface area (Å²) in [6.07, 6.45) is 5.96. The summed E-state index contributed by atoms with van der Waals surface area (Å²) in [5.74, 6) is 1.58. The molecule has 0 radical (unpaired) electrons. The fourth-order valence-electron chi connectivity index (χ4n) is 3.79. The Bertz CT molecular complexity index is 577. The Kier molecular flexibility index (Phi) is 6.35. The lowest BCUT2D eigenvalue weighted by molar-refractivity contribution is -0.132. The Morgan fingerprint density at radius 2 is 1.88 bits per heavy atom. The van der Waals surface area contributed by atoms with Gasteiger partial charge in [-0.2, -0.15) is 0 Å². The third-order valence-corrected chi connectivity index (χ3v) is 5.15. The summed E-state index contributed by atoms with van der Waals surface area (Å²) >= 11 is 0. The van der Waals surface area contributed by atoms with E-state index in [0.717, 1.165) is 17.9 Å². The quantitative estimate of drug-likeness (QED) is 0.832. The van der Waals surface area contributed by atoms with Gasteiger partial charge in [0, 0.05) is 25.1 Å². The molecule has 0 saturated carbocycles. The molecule has 0 N–H and O–H groups in total. The van der Waals surface area contributed by atoms with Gasteiger partial charge in [0.25, 0.3) is 0 Å². The Labute approximate surface area is 152 Å². The van der Waals surface area contributed by atoms with Gasteiger partial charge in [0.1, 0.15) is 12.4 Å². The van der Waals surface area contributed by atoms with Gasteiger partial charge in [-0.15, -0.1) is 0 Å². The average Bonchev–Trinajstić information content (AvgIpc) is 2.94. The molecule has 0 aliphatic carbocycles. The lowest BCUT2D eigenvalue weighted by Gasteiger charge is -2.22. The first kappa shape index (κ1) is 18.2. The summed E-state index contributed by atoms with van der Waals surface area (Å²) in [5.41, 5.74) is 2.49. The van der Waals surface area contributed by atoms with E-state index in [0.29, 0.717) is 32.0 Å². The SMILES string of the molecule is CC(C)CC(=O)N1CCOc2ccc(CN3CCCCCC3)cc2C1. The monoisotopic (exact) mass is 344 g/mol. The second kappa shape index (κ2) is 8.70. The molecule has 0 atom stereocenters. The van der Waals surface area contributed by atoms with Crippen LogP contribution < -0.4 is 4.74 Å². The summed E-state index contributed by atoms with van der Waals surface area (Å²) < 4.78 is 5.89. The highest BCUT2D eigenvalue weighted by molar-refractivity contribution is 5.76.